The first-order valence-electron chi connectivity index (χ1n) is 12.0. The van der Waals surface area contributed by atoms with E-state index in [1.807, 2.05) is 0 Å². The van der Waals surface area contributed by atoms with Gasteiger partial charge in [-0.25, -0.2) is 22.8 Å². The summed E-state index contributed by atoms with van der Waals surface area (Å²) in [5, 5.41) is 0. The molecule has 7 nitrogen and oxygen atoms in total. The predicted octanol–water partition coefficient (Wildman–Crippen LogP) is 5.18. The van der Waals surface area contributed by atoms with Crippen molar-refractivity contribution in [1.29, 1.82) is 0 Å². The molecule has 0 N–H and O–H groups in total. The van der Waals surface area contributed by atoms with Crippen LogP contribution in [0.3, 0.4) is 0 Å². The highest BCUT2D eigenvalue weighted by molar-refractivity contribution is 7.90. The van der Waals surface area contributed by atoms with E-state index in [0.717, 1.165) is 50.7 Å². The fraction of sp³-hybridized carbons (Fsp3) is 0.600. The number of hydrogen-bond donors (Lipinski definition) is 0. The molecule has 1 aliphatic heterocycles. The van der Waals surface area contributed by atoms with Crippen molar-refractivity contribution in [2.24, 2.45) is 5.92 Å². The summed E-state index contributed by atoms with van der Waals surface area (Å²) in [7, 11) is -3.51. The molecule has 34 heavy (non-hydrogen) atoms. The monoisotopic (exact) mass is 493 g/mol. The molecule has 2 aromatic rings. The summed E-state index contributed by atoms with van der Waals surface area (Å²) in [6.07, 6.45) is 9.40. The molecule has 1 fully saturated rings. The molecule has 9 heteroatoms. The van der Waals surface area contributed by atoms with E-state index in [-0.39, 0.29) is 22.6 Å². The second-order valence-electron chi connectivity index (χ2n) is 9.48. The van der Waals surface area contributed by atoms with Crippen LogP contribution in [0.1, 0.15) is 57.9 Å². The molecule has 0 saturated carbocycles. The Balaban J connectivity index is 1.53. The summed E-state index contributed by atoms with van der Waals surface area (Å²) in [6.45, 7) is 9.45. The fourth-order valence-corrected chi connectivity index (χ4v) is 4.65. The lowest BCUT2D eigenvalue weighted by Crippen LogP contribution is -2.38. The second kappa shape index (κ2) is 11.9. The Bertz CT molecular complexity index is 1050. The third-order valence-electron chi connectivity index (χ3n) is 6.10. The van der Waals surface area contributed by atoms with Crippen LogP contribution in [0.5, 0.6) is 17.5 Å². The topological polar surface area (TPSA) is 81.6 Å². The van der Waals surface area contributed by atoms with Gasteiger partial charge >= 0.3 is 0 Å². The van der Waals surface area contributed by atoms with Crippen LogP contribution >= 0.6 is 0 Å². The first-order valence-corrected chi connectivity index (χ1v) is 13.9. The number of aromatic nitrogens is 2. The molecular formula is C25H36FN3O4S. The molecule has 0 aliphatic carbocycles. The minimum absolute atomic E-state index is 0.0596. The Morgan fingerprint density at radius 1 is 1.12 bits per heavy atom. The first-order chi connectivity index (χ1) is 16.1. The quantitative estimate of drug-likeness (QED) is 0.399. The zero-order chi connectivity index (χ0) is 24.7. The van der Waals surface area contributed by atoms with Gasteiger partial charge in [0.15, 0.2) is 21.4 Å². The minimum atomic E-state index is -3.51. The van der Waals surface area contributed by atoms with Gasteiger partial charge in [0.1, 0.15) is 12.4 Å². The highest BCUT2D eigenvalue weighted by Crippen LogP contribution is 2.31. The van der Waals surface area contributed by atoms with Crippen molar-refractivity contribution < 1.29 is 22.3 Å². The van der Waals surface area contributed by atoms with Crippen molar-refractivity contribution in [3.63, 3.8) is 0 Å². The average Bonchev–Trinajstić information content (AvgIpc) is 2.77. The van der Waals surface area contributed by atoms with Crippen molar-refractivity contribution >= 4 is 9.84 Å². The highest BCUT2D eigenvalue weighted by atomic mass is 32.2. The van der Waals surface area contributed by atoms with Crippen LogP contribution in [0.2, 0.25) is 0 Å². The van der Waals surface area contributed by atoms with E-state index in [1.54, 1.807) is 6.92 Å². The summed E-state index contributed by atoms with van der Waals surface area (Å²) in [4.78, 5) is 10.7. The summed E-state index contributed by atoms with van der Waals surface area (Å²) in [5.41, 5.74) is 0.571. The Morgan fingerprint density at radius 3 is 2.47 bits per heavy atom. The molecular weight excluding hydrogens is 457 g/mol. The van der Waals surface area contributed by atoms with Crippen LogP contribution in [0.4, 0.5) is 4.39 Å². The zero-order valence-corrected chi connectivity index (χ0v) is 21.4. The van der Waals surface area contributed by atoms with Crippen molar-refractivity contribution in [3.05, 3.63) is 35.9 Å². The standard InChI is InChI=1S/C25H36FN3O4S/c1-18(2)8-6-5-7-13-29-14-11-20(12-15-29)32-24-19(3)25(28-17-27-24)33-23-10-9-21(16-22(23)26)34(4,30)31/h9-10,16-18,20H,5-8,11-15H2,1-4H3. The summed E-state index contributed by atoms with van der Waals surface area (Å²) in [6, 6.07) is 3.53. The molecule has 0 atom stereocenters. The van der Waals surface area contributed by atoms with E-state index in [2.05, 4.69) is 28.7 Å². The van der Waals surface area contributed by atoms with Gasteiger partial charge in [-0.05, 0) is 56.8 Å². The van der Waals surface area contributed by atoms with E-state index in [1.165, 1.54) is 44.1 Å². The third kappa shape index (κ3) is 7.63. The van der Waals surface area contributed by atoms with Crippen molar-refractivity contribution in [2.75, 3.05) is 25.9 Å². The van der Waals surface area contributed by atoms with Gasteiger partial charge in [0.05, 0.1) is 10.5 Å². The Hall–Kier alpha value is -2.26. The number of unbranched alkanes of at least 4 members (excludes halogenated alkanes) is 2. The summed E-state index contributed by atoms with van der Waals surface area (Å²) >= 11 is 0. The molecule has 0 amide bonds. The lowest BCUT2D eigenvalue weighted by atomic mass is 10.0. The maximum atomic E-state index is 14.4. The molecule has 188 valence electrons. The second-order valence-corrected chi connectivity index (χ2v) is 11.5. The Kier molecular flexibility index (Phi) is 9.24. The van der Waals surface area contributed by atoms with Gasteiger partial charge in [0.2, 0.25) is 11.8 Å². The first kappa shape index (κ1) is 26.3. The van der Waals surface area contributed by atoms with E-state index in [9.17, 15) is 12.8 Å². The molecule has 0 radical (unpaired) electrons. The van der Waals surface area contributed by atoms with E-state index in [0.29, 0.717) is 11.4 Å². The lowest BCUT2D eigenvalue weighted by Gasteiger charge is -2.32. The number of rotatable bonds is 11. The van der Waals surface area contributed by atoms with Gasteiger partial charge in [0, 0.05) is 19.3 Å². The Labute approximate surface area is 202 Å². The van der Waals surface area contributed by atoms with Gasteiger partial charge in [-0.15, -0.1) is 0 Å². The van der Waals surface area contributed by atoms with E-state index >= 15 is 0 Å². The minimum Gasteiger partial charge on any atom is -0.474 e. The van der Waals surface area contributed by atoms with Crippen LogP contribution in [0.25, 0.3) is 0 Å². The van der Waals surface area contributed by atoms with Gasteiger partial charge in [-0.2, -0.15) is 0 Å². The van der Waals surface area contributed by atoms with E-state index in [4.69, 9.17) is 9.47 Å². The fourth-order valence-electron chi connectivity index (χ4n) is 4.01. The van der Waals surface area contributed by atoms with Crippen LogP contribution in [0.15, 0.2) is 29.4 Å². The molecule has 3 rings (SSSR count). The van der Waals surface area contributed by atoms with Crippen LogP contribution < -0.4 is 9.47 Å². The maximum Gasteiger partial charge on any atom is 0.229 e. The van der Waals surface area contributed by atoms with Gasteiger partial charge in [-0.1, -0.05) is 33.1 Å². The predicted molar refractivity (Wildman–Crippen MR) is 130 cm³/mol. The van der Waals surface area contributed by atoms with Gasteiger partial charge in [-0.3, -0.25) is 0 Å². The maximum absolute atomic E-state index is 14.4. The number of hydrogen-bond acceptors (Lipinski definition) is 7. The Morgan fingerprint density at radius 2 is 1.82 bits per heavy atom. The largest absolute Gasteiger partial charge is 0.474 e. The number of sulfone groups is 1. The number of piperidine rings is 1. The molecule has 0 bridgehead atoms. The SMILES string of the molecule is Cc1c(Oc2ccc(S(C)(=O)=O)cc2F)ncnc1OC1CCN(CCCCCC(C)C)CC1. The van der Waals surface area contributed by atoms with E-state index < -0.39 is 15.7 Å². The highest BCUT2D eigenvalue weighted by Gasteiger charge is 2.23. The summed E-state index contributed by atoms with van der Waals surface area (Å²) in [5.74, 6) is 0.491. The number of halogens is 1. The zero-order valence-electron chi connectivity index (χ0n) is 20.6. The normalized spacial score (nSPS) is 15.6. The molecule has 0 spiro atoms. The summed E-state index contributed by atoms with van der Waals surface area (Å²) < 4.78 is 49.4. The number of likely N-dealkylation sites (tertiary alicyclic amines) is 1. The smallest absolute Gasteiger partial charge is 0.229 e. The third-order valence-corrected chi connectivity index (χ3v) is 7.21. The molecule has 0 unspecified atom stereocenters. The number of nitrogens with zero attached hydrogens (tertiary/aromatic N) is 3. The molecule has 1 aliphatic rings. The van der Waals surface area contributed by atoms with Crippen LogP contribution in [0, 0.1) is 18.7 Å². The van der Waals surface area contributed by atoms with Crippen LogP contribution in [-0.4, -0.2) is 55.3 Å². The number of benzene rings is 1. The van der Waals surface area contributed by atoms with Crippen molar-refractivity contribution in [3.8, 4) is 17.5 Å². The van der Waals surface area contributed by atoms with Gasteiger partial charge in [0.25, 0.3) is 0 Å². The van der Waals surface area contributed by atoms with Crippen molar-refractivity contribution in [1.82, 2.24) is 14.9 Å². The molecule has 1 aromatic carbocycles. The molecule has 1 aromatic heterocycles. The lowest BCUT2D eigenvalue weighted by molar-refractivity contribution is 0.0947. The van der Waals surface area contributed by atoms with Crippen LogP contribution in [-0.2, 0) is 9.84 Å². The van der Waals surface area contributed by atoms with Gasteiger partial charge < -0.3 is 14.4 Å². The van der Waals surface area contributed by atoms with Crippen molar-refractivity contribution in [2.45, 2.75) is 70.3 Å². The average molecular weight is 494 g/mol. The molecule has 2 heterocycles. The number of ether oxygens (including phenoxy) is 2. The molecule has 1 saturated heterocycles.